The van der Waals surface area contributed by atoms with Gasteiger partial charge in [-0.3, -0.25) is 0 Å². The summed E-state index contributed by atoms with van der Waals surface area (Å²) in [5.74, 6) is -3.56. The molecule has 0 amide bonds. The molecule has 0 aromatic heterocycles. The van der Waals surface area contributed by atoms with Crippen LogP contribution in [0.25, 0.3) is 0 Å². The predicted molar refractivity (Wildman–Crippen MR) is 47.3 cm³/mol. The molecule has 0 spiro atoms. The van der Waals surface area contributed by atoms with E-state index < -0.39 is 11.9 Å². The van der Waals surface area contributed by atoms with E-state index in [1.807, 2.05) is 0 Å². The molecule has 1 aromatic rings. The Labute approximate surface area is 80.5 Å². The van der Waals surface area contributed by atoms with Gasteiger partial charge < -0.3 is 4.74 Å². The number of alkyl halides is 2. The zero-order chi connectivity index (χ0) is 10.8. The van der Waals surface area contributed by atoms with Crippen molar-refractivity contribution in [1.29, 1.82) is 0 Å². The molecule has 0 saturated heterocycles. The van der Waals surface area contributed by atoms with Gasteiger partial charge >= 0.3 is 5.97 Å². The van der Waals surface area contributed by atoms with Crippen molar-refractivity contribution in [3.63, 3.8) is 0 Å². The van der Waals surface area contributed by atoms with E-state index in [2.05, 4.69) is 4.74 Å². The van der Waals surface area contributed by atoms with Gasteiger partial charge in [0, 0.05) is 12.5 Å². The smallest absolute Gasteiger partial charge is 0.337 e. The second-order valence-corrected chi connectivity index (χ2v) is 2.96. The Morgan fingerprint density at radius 2 is 2.07 bits per heavy atom. The molecule has 4 heteroatoms. The molecular weight excluding hydrogens is 190 g/mol. The van der Waals surface area contributed by atoms with Crippen LogP contribution in [0.1, 0.15) is 22.8 Å². The van der Waals surface area contributed by atoms with Crippen LogP contribution in [-0.2, 0) is 10.7 Å². The van der Waals surface area contributed by atoms with Crippen LogP contribution >= 0.6 is 0 Å². The summed E-state index contributed by atoms with van der Waals surface area (Å²) in [5.41, 5.74) is -0.0630. The first-order chi connectivity index (χ1) is 6.45. The fraction of sp³-hybridized carbons (Fsp3) is 0.300. The normalized spacial score (nSPS) is 11.1. The number of hydrogen-bond donors (Lipinski definition) is 0. The van der Waals surface area contributed by atoms with Crippen molar-refractivity contribution in [2.75, 3.05) is 7.11 Å². The zero-order valence-electron chi connectivity index (χ0n) is 7.88. The van der Waals surface area contributed by atoms with Crippen molar-refractivity contribution in [3.8, 4) is 0 Å². The summed E-state index contributed by atoms with van der Waals surface area (Å²) < 4.78 is 30.1. The number of rotatable bonds is 2. The van der Waals surface area contributed by atoms with Crippen LogP contribution in [0, 0.1) is 0 Å². The molecule has 0 fully saturated rings. The standard InChI is InChI=1S/C10H10F2O2/c1-10(11,12)8-5-3-4-7(6-8)9(13)14-2/h3-6H,1-2H3. The van der Waals surface area contributed by atoms with Gasteiger partial charge in [0.25, 0.3) is 5.92 Å². The van der Waals surface area contributed by atoms with Crippen LogP contribution in [-0.4, -0.2) is 13.1 Å². The van der Waals surface area contributed by atoms with Crippen LogP contribution in [0.3, 0.4) is 0 Å². The van der Waals surface area contributed by atoms with Gasteiger partial charge in [0.1, 0.15) is 0 Å². The highest BCUT2D eigenvalue weighted by atomic mass is 19.3. The predicted octanol–water partition coefficient (Wildman–Crippen LogP) is 2.58. The Kier molecular flexibility index (Phi) is 2.84. The van der Waals surface area contributed by atoms with E-state index >= 15 is 0 Å². The van der Waals surface area contributed by atoms with E-state index in [1.54, 1.807) is 0 Å². The van der Waals surface area contributed by atoms with Gasteiger partial charge in [-0.05, 0) is 12.1 Å². The minimum absolute atomic E-state index is 0.131. The molecule has 0 N–H and O–H groups in total. The molecule has 0 heterocycles. The Morgan fingerprint density at radius 1 is 1.43 bits per heavy atom. The first-order valence-corrected chi connectivity index (χ1v) is 4.02. The molecule has 1 rings (SSSR count). The first kappa shape index (κ1) is 10.6. The quantitative estimate of drug-likeness (QED) is 0.686. The highest BCUT2D eigenvalue weighted by Gasteiger charge is 2.24. The molecule has 0 atom stereocenters. The second-order valence-electron chi connectivity index (χ2n) is 2.96. The van der Waals surface area contributed by atoms with Gasteiger partial charge in [-0.1, -0.05) is 12.1 Å². The third-order valence-electron chi connectivity index (χ3n) is 1.79. The van der Waals surface area contributed by atoms with Crippen LogP contribution in [0.4, 0.5) is 8.78 Å². The van der Waals surface area contributed by atoms with Gasteiger partial charge in [-0.2, -0.15) is 0 Å². The number of hydrogen-bond acceptors (Lipinski definition) is 2. The maximum absolute atomic E-state index is 12.8. The molecule has 2 nitrogen and oxygen atoms in total. The van der Waals surface area contributed by atoms with E-state index in [9.17, 15) is 13.6 Å². The van der Waals surface area contributed by atoms with Gasteiger partial charge in [-0.25, -0.2) is 13.6 Å². The lowest BCUT2D eigenvalue weighted by Crippen LogP contribution is -2.09. The summed E-state index contributed by atoms with van der Waals surface area (Å²) in [6.07, 6.45) is 0. The van der Waals surface area contributed by atoms with E-state index in [4.69, 9.17) is 0 Å². The monoisotopic (exact) mass is 200 g/mol. The summed E-state index contributed by atoms with van der Waals surface area (Å²) in [5, 5.41) is 0. The number of carbonyl (C=O) groups is 1. The number of halogens is 2. The second kappa shape index (κ2) is 3.74. The maximum atomic E-state index is 12.8. The van der Waals surface area contributed by atoms with Crippen molar-refractivity contribution in [2.24, 2.45) is 0 Å². The minimum atomic E-state index is -2.94. The highest BCUT2D eigenvalue weighted by Crippen LogP contribution is 2.27. The molecule has 0 saturated carbocycles. The average Bonchev–Trinajstić information content (AvgIpc) is 2.15. The Bertz CT molecular complexity index is 342. The molecule has 76 valence electrons. The third kappa shape index (κ3) is 2.28. The van der Waals surface area contributed by atoms with Crippen LogP contribution in [0.5, 0.6) is 0 Å². The van der Waals surface area contributed by atoms with E-state index in [-0.39, 0.29) is 11.1 Å². The van der Waals surface area contributed by atoms with Crippen molar-refractivity contribution >= 4 is 5.97 Å². The number of carbonyl (C=O) groups excluding carboxylic acids is 1. The topological polar surface area (TPSA) is 26.3 Å². The highest BCUT2D eigenvalue weighted by molar-refractivity contribution is 5.89. The average molecular weight is 200 g/mol. The summed E-state index contributed by atoms with van der Waals surface area (Å²) in [6.45, 7) is 0.781. The maximum Gasteiger partial charge on any atom is 0.337 e. The SMILES string of the molecule is COC(=O)c1cccc(C(C)(F)F)c1. The largest absolute Gasteiger partial charge is 0.465 e. The van der Waals surface area contributed by atoms with E-state index in [0.717, 1.165) is 13.0 Å². The van der Waals surface area contributed by atoms with Gasteiger partial charge in [0.15, 0.2) is 0 Å². The fourth-order valence-electron chi connectivity index (χ4n) is 1.04. The van der Waals surface area contributed by atoms with Crippen LogP contribution in [0.2, 0.25) is 0 Å². The van der Waals surface area contributed by atoms with Gasteiger partial charge in [0.05, 0.1) is 12.7 Å². The number of esters is 1. The molecule has 0 aliphatic rings. The van der Waals surface area contributed by atoms with E-state index in [1.165, 1.54) is 25.3 Å². The molecule has 0 radical (unpaired) electrons. The summed E-state index contributed by atoms with van der Waals surface area (Å²) >= 11 is 0. The molecule has 14 heavy (non-hydrogen) atoms. The van der Waals surface area contributed by atoms with E-state index in [0.29, 0.717) is 0 Å². The number of methoxy groups -OCH3 is 1. The fourth-order valence-corrected chi connectivity index (χ4v) is 1.04. The van der Waals surface area contributed by atoms with Crippen LogP contribution < -0.4 is 0 Å². The van der Waals surface area contributed by atoms with Gasteiger partial charge in [-0.15, -0.1) is 0 Å². The first-order valence-electron chi connectivity index (χ1n) is 4.02. The minimum Gasteiger partial charge on any atom is -0.465 e. The Morgan fingerprint density at radius 3 is 2.57 bits per heavy atom. The summed E-state index contributed by atoms with van der Waals surface area (Å²) in [7, 11) is 1.21. The summed E-state index contributed by atoms with van der Waals surface area (Å²) in [6, 6.07) is 5.23. The molecule has 0 bridgehead atoms. The molecule has 0 aliphatic heterocycles. The summed E-state index contributed by atoms with van der Waals surface area (Å²) in [4.78, 5) is 11.0. The van der Waals surface area contributed by atoms with Crippen molar-refractivity contribution in [1.82, 2.24) is 0 Å². The molecule has 0 aliphatic carbocycles. The van der Waals surface area contributed by atoms with Gasteiger partial charge in [0.2, 0.25) is 0 Å². The van der Waals surface area contributed by atoms with Crippen molar-refractivity contribution < 1.29 is 18.3 Å². The van der Waals surface area contributed by atoms with Crippen molar-refractivity contribution in [3.05, 3.63) is 35.4 Å². The zero-order valence-corrected chi connectivity index (χ0v) is 7.88. The lowest BCUT2D eigenvalue weighted by molar-refractivity contribution is 0.0174. The third-order valence-corrected chi connectivity index (χ3v) is 1.79. The lowest BCUT2D eigenvalue weighted by Gasteiger charge is -2.10. The van der Waals surface area contributed by atoms with Crippen molar-refractivity contribution in [2.45, 2.75) is 12.8 Å². The number of benzene rings is 1. The Balaban J connectivity index is 3.08. The Hall–Kier alpha value is -1.45. The number of ether oxygens (including phenoxy) is 1. The molecule has 0 unspecified atom stereocenters. The molecular formula is C10H10F2O2. The molecule has 1 aromatic carbocycles. The lowest BCUT2D eigenvalue weighted by atomic mass is 10.1. The van der Waals surface area contributed by atoms with Crippen LogP contribution in [0.15, 0.2) is 24.3 Å².